The summed E-state index contributed by atoms with van der Waals surface area (Å²) in [5, 5.41) is -0.250. The molecular formula is C15H20ClN3O. The first-order valence-electron chi connectivity index (χ1n) is 6.66. The monoisotopic (exact) mass is 293 g/mol. The molecule has 0 N–H and O–H groups in total. The molecule has 0 fully saturated rings. The van der Waals surface area contributed by atoms with Crippen LogP contribution in [0.1, 0.15) is 36.7 Å². The van der Waals surface area contributed by atoms with Crippen molar-refractivity contribution in [3.05, 3.63) is 29.6 Å². The molecule has 0 bridgehead atoms. The first kappa shape index (κ1) is 14.9. The maximum absolute atomic E-state index is 12.3. The highest BCUT2D eigenvalue weighted by Gasteiger charge is 2.24. The van der Waals surface area contributed by atoms with Gasteiger partial charge in [0, 0.05) is 14.1 Å². The molecule has 1 aromatic carbocycles. The number of nitrogens with zero attached hydrogens (tertiary/aromatic N) is 3. The lowest BCUT2D eigenvalue weighted by Gasteiger charge is -2.21. The maximum Gasteiger partial charge on any atom is 0.244 e. The number of halogens is 1. The zero-order valence-electron chi connectivity index (χ0n) is 12.5. The molecule has 4 nitrogen and oxygen atoms in total. The number of hydrogen-bond acceptors (Lipinski definition) is 2. The van der Waals surface area contributed by atoms with E-state index in [2.05, 4.69) is 4.98 Å². The number of likely N-dealkylation sites (N-methyl/N-ethyl adjacent to an activating group) is 1. The van der Waals surface area contributed by atoms with Crippen molar-refractivity contribution in [2.75, 3.05) is 14.1 Å². The Kier molecular flexibility index (Phi) is 4.04. The molecular weight excluding hydrogens is 274 g/mol. The number of hydrogen-bond donors (Lipinski definition) is 0. The molecule has 1 aromatic heterocycles. The molecule has 1 amide bonds. The Morgan fingerprint density at radius 1 is 1.35 bits per heavy atom. The van der Waals surface area contributed by atoms with Crippen LogP contribution in [0.25, 0.3) is 11.0 Å². The Morgan fingerprint density at radius 3 is 2.55 bits per heavy atom. The fourth-order valence-electron chi connectivity index (χ4n) is 2.40. The van der Waals surface area contributed by atoms with E-state index in [1.165, 1.54) is 0 Å². The summed E-state index contributed by atoms with van der Waals surface area (Å²) in [5.74, 6) is 0.762. The van der Waals surface area contributed by atoms with Gasteiger partial charge >= 0.3 is 0 Å². The molecule has 2 rings (SSSR count). The summed E-state index contributed by atoms with van der Waals surface area (Å²) in [4.78, 5) is 18.4. The smallest absolute Gasteiger partial charge is 0.244 e. The average molecular weight is 294 g/mol. The van der Waals surface area contributed by atoms with Gasteiger partial charge < -0.3 is 9.47 Å². The van der Waals surface area contributed by atoms with Crippen molar-refractivity contribution >= 4 is 28.5 Å². The molecule has 2 aromatic rings. The first-order valence-corrected chi connectivity index (χ1v) is 7.10. The summed E-state index contributed by atoms with van der Waals surface area (Å²) >= 11 is 6.24. The lowest BCUT2D eigenvalue weighted by Crippen LogP contribution is -2.30. The minimum atomic E-state index is -0.325. The summed E-state index contributed by atoms with van der Waals surface area (Å²) in [7, 11) is 3.51. The fourth-order valence-corrected chi connectivity index (χ4v) is 2.55. The van der Waals surface area contributed by atoms with E-state index < -0.39 is 0 Å². The zero-order valence-corrected chi connectivity index (χ0v) is 13.3. The van der Waals surface area contributed by atoms with Crippen molar-refractivity contribution in [1.82, 2.24) is 14.5 Å². The van der Waals surface area contributed by atoms with E-state index in [1.807, 2.05) is 43.5 Å². The van der Waals surface area contributed by atoms with Gasteiger partial charge in [0.05, 0.1) is 16.4 Å². The topological polar surface area (TPSA) is 38.1 Å². The van der Waals surface area contributed by atoms with Crippen molar-refractivity contribution in [1.29, 1.82) is 0 Å². The number of amides is 1. The summed E-state index contributed by atoms with van der Waals surface area (Å²) in [6.07, 6.45) is 0. The Hall–Kier alpha value is -1.55. The highest BCUT2D eigenvalue weighted by atomic mass is 35.5. The number of aromatic nitrogens is 2. The van der Waals surface area contributed by atoms with Gasteiger partial charge in [0.2, 0.25) is 5.91 Å². The molecule has 0 aliphatic heterocycles. The normalized spacial score (nSPS) is 14.3. The molecule has 2 atom stereocenters. The molecule has 108 valence electrons. The predicted octanol–water partition coefficient (Wildman–Crippen LogP) is 3.29. The number of fused-ring (bicyclic) bond motifs is 1. The van der Waals surface area contributed by atoms with Crippen LogP contribution >= 0.6 is 11.6 Å². The molecule has 0 saturated carbocycles. The van der Waals surface area contributed by atoms with Crippen molar-refractivity contribution in [3.63, 3.8) is 0 Å². The molecule has 1 heterocycles. The van der Waals surface area contributed by atoms with Gasteiger partial charge in [-0.15, -0.1) is 11.6 Å². The van der Waals surface area contributed by atoms with Crippen LogP contribution in [0.5, 0.6) is 0 Å². The summed E-state index contributed by atoms with van der Waals surface area (Å²) < 4.78 is 1.94. The van der Waals surface area contributed by atoms with Gasteiger partial charge in [-0.3, -0.25) is 4.79 Å². The molecule has 20 heavy (non-hydrogen) atoms. The van der Waals surface area contributed by atoms with Crippen molar-refractivity contribution in [2.45, 2.75) is 32.2 Å². The quantitative estimate of drug-likeness (QED) is 0.815. The Morgan fingerprint density at radius 2 is 2.00 bits per heavy atom. The number of carbonyl (C=O) groups is 1. The van der Waals surface area contributed by atoms with Crippen LogP contribution < -0.4 is 0 Å². The number of imidazole rings is 1. The second-order valence-corrected chi connectivity index (χ2v) is 6.01. The lowest BCUT2D eigenvalue weighted by atomic mass is 10.2. The van der Waals surface area contributed by atoms with E-state index in [0.717, 1.165) is 22.4 Å². The fraction of sp³-hybridized carbons (Fsp3) is 0.467. The van der Waals surface area contributed by atoms with Gasteiger partial charge in [-0.05, 0) is 38.5 Å². The second-order valence-electron chi connectivity index (χ2n) is 5.36. The molecule has 2 unspecified atom stereocenters. The largest absolute Gasteiger partial charge is 0.347 e. The molecule has 0 saturated heterocycles. The van der Waals surface area contributed by atoms with Gasteiger partial charge in [0.25, 0.3) is 0 Å². The van der Waals surface area contributed by atoms with E-state index in [1.54, 1.807) is 19.0 Å². The molecule has 0 spiro atoms. The number of aryl methyl sites for hydroxylation is 1. The van der Waals surface area contributed by atoms with Crippen molar-refractivity contribution < 1.29 is 4.79 Å². The Bertz CT molecular complexity index is 646. The Balaban J connectivity index is 2.66. The molecule has 5 heteroatoms. The molecule has 0 aliphatic carbocycles. The second kappa shape index (κ2) is 5.44. The number of rotatable bonds is 3. The maximum atomic E-state index is 12.3. The van der Waals surface area contributed by atoms with Crippen LogP contribution in [0.15, 0.2) is 18.2 Å². The van der Waals surface area contributed by atoms with Gasteiger partial charge in [0.1, 0.15) is 11.9 Å². The average Bonchev–Trinajstić information content (AvgIpc) is 2.75. The van der Waals surface area contributed by atoms with Crippen LogP contribution in [0.3, 0.4) is 0 Å². The van der Waals surface area contributed by atoms with E-state index in [-0.39, 0.29) is 17.3 Å². The third kappa shape index (κ3) is 2.52. The van der Waals surface area contributed by atoms with Gasteiger partial charge in [0.15, 0.2) is 0 Å². The van der Waals surface area contributed by atoms with E-state index in [0.29, 0.717) is 0 Å². The third-order valence-electron chi connectivity index (χ3n) is 3.41. The van der Waals surface area contributed by atoms with Crippen molar-refractivity contribution in [2.24, 2.45) is 0 Å². The van der Waals surface area contributed by atoms with E-state index in [4.69, 9.17) is 11.6 Å². The highest BCUT2D eigenvalue weighted by molar-refractivity contribution is 6.20. The van der Waals surface area contributed by atoms with Gasteiger partial charge in [-0.25, -0.2) is 4.98 Å². The van der Waals surface area contributed by atoms with Crippen LogP contribution in [0.4, 0.5) is 0 Å². The zero-order chi connectivity index (χ0) is 15.0. The number of carbonyl (C=O) groups excluding carboxylic acids is 1. The standard InChI is InChI=1S/C15H20ClN3O/c1-9-6-7-13-12(8-9)17-14(10(2)16)19(13)11(3)15(20)18(4)5/h6-8,10-11H,1-5H3. The van der Waals surface area contributed by atoms with Crippen LogP contribution in [-0.2, 0) is 4.79 Å². The summed E-state index contributed by atoms with van der Waals surface area (Å²) in [5.41, 5.74) is 2.97. The van der Waals surface area contributed by atoms with Gasteiger partial charge in [-0.1, -0.05) is 6.07 Å². The summed E-state index contributed by atoms with van der Waals surface area (Å²) in [6, 6.07) is 5.71. The van der Waals surface area contributed by atoms with Gasteiger partial charge in [-0.2, -0.15) is 0 Å². The minimum Gasteiger partial charge on any atom is -0.347 e. The lowest BCUT2D eigenvalue weighted by molar-refractivity contribution is -0.131. The highest BCUT2D eigenvalue weighted by Crippen LogP contribution is 2.29. The summed E-state index contributed by atoms with van der Waals surface area (Å²) in [6.45, 7) is 5.78. The number of alkyl halides is 1. The molecule has 0 aliphatic rings. The minimum absolute atomic E-state index is 0.0310. The van der Waals surface area contributed by atoms with Crippen LogP contribution in [-0.4, -0.2) is 34.5 Å². The SMILES string of the molecule is Cc1ccc2c(c1)nc(C(C)Cl)n2C(C)C(=O)N(C)C. The number of benzene rings is 1. The third-order valence-corrected chi connectivity index (χ3v) is 3.61. The molecule has 0 radical (unpaired) electrons. The van der Waals surface area contributed by atoms with E-state index >= 15 is 0 Å². The van der Waals surface area contributed by atoms with Crippen LogP contribution in [0, 0.1) is 6.92 Å². The predicted molar refractivity (Wildman–Crippen MR) is 82.1 cm³/mol. The van der Waals surface area contributed by atoms with Crippen LogP contribution in [0.2, 0.25) is 0 Å². The Labute approximate surface area is 124 Å². The first-order chi connectivity index (χ1) is 9.32. The van der Waals surface area contributed by atoms with E-state index in [9.17, 15) is 4.79 Å². The van der Waals surface area contributed by atoms with Crippen molar-refractivity contribution in [3.8, 4) is 0 Å².